The quantitative estimate of drug-likeness (QED) is 0.882. The van der Waals surface area contributed by atoms with Crippen molar-refractivity contribution in [2.24, 2.45) is 0 Å². The Labute approximate surface area is 160 Å². The van der Waals surface area contributed by atoms with E-state index in [0.29, 0.717) is 31.6 Å². The van der Waals surface area contributed by atoms with Crippen LogP contribution in [0.1, 0.15) is 38.5 Å². The number of rotatable bonds is 4. The van der Waals surface area contributed by atoms with E-state index in [1.165, 1.54) is 12.1 Å². The van der Waals surface area contributed by atoms with Gasteiger partial charge in [0.15, 0.2) is 0 Å². The predicted octanol–water partition coefficient (Wildman–Crippen LogP) is 3.19. The van der Waals surface area contributed by atoms with Gasteiger partial charge in [-0.3, -0.25) is 9.59 Å². The summed E-state index contributed by atoms with van der Waals surface area (Å²) < 4.78 is 13.6. The smallest absolute Gasteiger partial charge is 0.249 e. The molecule has 0 aromatic heterocycles. The summed E-state index contributed by atoms with van der Waals surface area (Å²) in [6.45, 7) is 1.02. The second-order valence-electron chi connectivity index (χ2n) is 7.68. The van der Waals surface area contributed by atoms with Gasteiger partial charge in [-0.15, -0.1) is 0 Å². The molecule has 0 saturated carbocycles. The third kappa shape index (κ3) is 4.31. The molecule has 1 aromatic carbocycles. The normalized spacial score (nSPS) is 19.2. The number of nitrogens with zero attached hydrogens (tertiary/aromatic N) is 2. The van der Waals surface area contributed by atoms with E-state index in [-0.39, 0.29) is 17.6 Å². The molecule has 2 aliphatic rings. The molecule has 0 radical (unpaired) electrons. The minimum Gasteiger partial charge on any atom is -0.371 e. The van der Waals surface area contributed by atoms with E-state index in [4.69, 9.17) is 0 Å². The van der Waals surface area contributed by atoms with Crippen molar-refractivity contribution in [2.75, 3.05) is 32.5 Å². The predicted molar refractivity (Wildman–Crippen MR) is 104 cm³/mol. The molecule has 0 spiro atoms. The Kier molecular flexibility index (Phi) is 5.82. The number of nitrogens with one attached hydrogen (secondary N) is 1. The van der Waals surface area contributed by atoms with Gasteiger partial charge >= 0.3 is 0 Å². The molecule has 1 N–H and O–H groups in total. The van der Waals surface area contributed by atoms with Gasteiger partial charge < -0.3 is 15.1 Å². The second kappa shape index (κ2) is 8.11. The molecular formula is C21H28FN3O2. The topological polar surface area (TPSA) is 52.7 Å². The van der Waals surface area contributed by atoms with Crippen LogP contribution in [0.2, 0.25) is 0 Å². The molecule has 0 bridgehead atoms. The Morgan fingerprint density at radius 1 is 1.19 bits per heavy atom. The van der Waals surface area contributed by atoms with E-state index in [9.17, 15) is 14.0 Å². The Hall–Kier alpha value is -2.37. The lowest BCUT2D eigenvalue weighted by atomic mass is 9.85. The van der Waals surface area contributed by atoms with Crippen molar-refractivity contribution in [1.82, 2.24) is 9.80 Å². The molecule has 3 rings (SSSR count). The summed E-state index contributed by atoms with van der Waals surface area (Å²) in [5.41, 5.74) is 0.667. The molecule has 1 saturated heterocycles. The van der Waals surface area contributed by atoms with Crippen molar-refractivity contribution >= 4 is 17.5 Å². The SMILES string of the molecule is CN(C)C(=O)C1(Nc2cccc(F)c2)CCN(C(=O)C2=CCCCC2)CC1. The summed E-state index contributed by atoms with van der Waals surface area (Å²) in [5.74, 6) is -0.286. The number of piperidine rings is 1. The summed E-state index contributed by atoms with van der Waals surface area (Å²) in [5, 5.41) is 3.27. The highest BCUT2D eigenvalue weighted by molar-refractivity contribution is 5.94. The van der Waals surface area contributed by atoms with Gasteiger partial charge in [-0.05, 0) is 56.7 Å². The molecule has 1 aliphatic carbocycles. The minimum atomic E-state index is -0.824. The van der Waals surface area contributed by atoms with Crippen molar-refractivity contribution in [3.63, 3.8) is 0 Å². The van der Waals surface area contributed by atoms with Gasteiger partial charge in [0.05, 0.1) is 0 Å². The summed E-state index contributed by atoms with van der Waals surface area (Å²) in [6.07, 6.45) is 7.09. The summed E-state index contributed by atoms with van der Waals surface area (Å²) >= 11 is 0. The molecular weight excluding hydrogens is 345 g/mol. The van der Waals surface area contributed by atoms with Crippen molar-refractivity contribution in [3.05, 3.63) is 41.7 Å². The van der Waals surface area contributed by atoms with Crippen LogP contribution in [-0.4, -0.2) is 54.3 Å². The number of halogens is 1. The molecule has 5 nitrogen and oxygen atoms in total. The fraction of sp³-hybridized carbons (Fsp3) is 0.524. The maximum Gasteiger partial charge on any atom is 0.249 e. The van der Waals surface area contributed by atoms with Crippen molar-refractivity contribution in [3.8, 4) is 0 Å². The van der Waals surface area contributed by atoms with E-state index in [0.717, 1.165) is 31.3 Å². The van der Waals surface area contributed by atoms with Crippen LogP contribution in [0, 0.1) is 5.82 Å². The molecule has 0 unspecified atom stereocenters. The number of hydrogen-bond donors (Lipinski definition) is 1. The third-order valence-corrected chi connectivity index (χ3v) is 5.49. The number of benzene rings is 1. The third-order valence-electron chi connectivity index (χ3n) is 5.49. The monoisotopic (exact) mass is 373 g/mol. The van der Waals surface area contributed by atoms with Crippen molar-refractivity contribution in [2.45, 2.75) is 44.1 Å². The van der Waals surface area contributed by atoms with Crippen LogP contribution in [0.3, 0.4) is 0 Å². The highest BCUT2D eigenvalue weighted by atomic mass is 19.1. The van der Waals surface area contributed by atoms with Crippen LogP contribution in [0.15, 0.2) is 35.9 Å². The number of hydrogen-bond acceptors (Lipinski definition) is 3. The zero-order chi connectivity index (χ0) is 19.4. The standard InChI is InChI=1S/C21H28FN3O2/c1-24(2)20(27)21(23-18-10-6-9-17(22)15-18)11-13-25(14-12-21)19(26)16-7-4-3-5-8-16/h6-7,9-10,15,23H,3-5,8,11-14H2,1-2H3. The summed E-state index contributed by atoms with van der Waals surface area (Å²) in [4.78, 5) is 29.1. The van der Waals surface area contributed by atoms with Crippen LogP contribution < -0.4 is 5.32 Å². The Morgan fingerprint density at radius 3 is 2.52 bits per heavy atom. The van der Waals surface area contributed by atoms with Crippen LogP contribution >= 0.6 is 0 Å². The summed E-state index contributed by atoms with van der Waals surface area (Å²) in [7, 11) is 3.45. The van der Waals surface area contributed by atoms with E-state index < -0.39 is 5.54 Å². The van der Waals surface area contributed by atoms with E-state index in [1.807, 2.05) is 4.90 Å². The lowest BCUT2D eigenvalue weighted by Crippen LogP contribution is -2.58. The first-order chi connectivity index (χ1) is 12.9. The first-order valence-electron chi connectivity index (χ1n) is 9.65. The van der Waals surface area contributed by atoms with Gasteiger partial charge in [-0.2, -0.15) is 0 Å². The average Bonchev–Trinajstić information content (AvgIpc) is 2.68. The first-order valence-corrected chi connectivity index (χ1v) is 9.65. The number of carbonyl (C=O) groups excluding carboxylic acids is 2. The van der Waals surface area contributed by atoms with E-state index in [2.05, 4.69) is 11.4 Å². The molecule has 146 valence electrons. The molecule has 0 atom stereocenters. The number of likely N-dealkylation sites (tertiary alicyclic amines) is 1. The van der Waals surface area contributed by atoms with Gasteiger partial charge in [0, 0.05) is 38.4 Å². The fourth-order valence-corrected chi connectivity index (χ4v) is 3.99. The number of carbonyl (C=O) groups is 2. The minimum absolute atomic E-state index is 0.0456. The lowest BCUT2D eigenvalue weighted by molar-refractivity contribution is -0.138. The van der Waals surface area contributed by atoms with Crippen LogP contribution in [0.4, 0.5) is 10.1 Å². The number of anilines is 1. The average molecular weight is 373 g/mol. The van der Waals surface area contributed by atoms with E-state index in [1.54, 1.807) is 31.1 Å². The fourth-order valence-electron chi connectivity index (χ4n) is 3.99. The lowest BCUT2D eigenvalue weighted by Gasteiger charge is -2.43. The highest BCUT2D eigenvalue weighted by Crippen LogP contribution is 2.30. The van der Waals surface area contributed by atoms with Crippen molar-refractivity contribution in [1.29, 1.82) is 0 Å². The molecule has 6 heteroatoms. The zero-order valence-electron chi connectivity index (χ0n) is 16.1. The first kappa shape index (κ1) is 19.4. The van der Waals surface area contributed by atoms with Gasteiger partial charge in [0.2, 0.25) is 11.8 Å². The van der Waals surface area contributed by atoms with Gasteiger partial charge in [-0.1, -0.05) is 12.1 Å². The zero-order valence-corrected chi connectivity index (χ0v) is 16.1. The summed E-state index contributed by atoms with van der Waals surface area (Å²) in [6, 6.07) is 6.16. The number of allylic oxidation sites excluding steroid dienone is 1. The molecule has 1 heterocycles. The highest BCUT2D eigenvalue weighted by Gasteiger charge is 2.43. The molecule has 27 heavy (non-hydrogen) atoms. The molecule has 1 aromatic rings. The Morgan fingerprint density at radius 2 is 1.93 bits per heavy atom. The number of likely N-dealkylation sites (N-methyl/N-ethyl adjacent to an activating group) is 1. The van der Waals surface area contributed by atoms with Gasteiger partial charge in [-0.25, -0.2) is 4.39 Å². The van der Waals surface area contributed by atoms with Crippen LogP contribution in [0.5, 0.6) is 0 Å². The van der Waals surface area contributed by atoms with E-state index >= 15 is 0 Å². The van der Waals surface area contributed by atoms with Crippen molar-refractivity contribution < 1.29 is 14.0 Å². The molecule has 2 amide bonds. The maximum atomic E-state index is 13.6. The molecule has 1 fully saturated rings. The van der Waals surface area contributed by atoms with Crippen LogP contribution in [0.25, 0.3) is 0 Å². The maximum absolute atomic E-state index is 13.6. The molecule has 1 aliphatic heterocycles. The second-order valence-corrected chi connectivity index (χ2v) is 7.68. The Balaban J connectivity index is 1.75. The van der Waals surface area contributed by atoms with Gasteiger partial charge in [0.25, 0.3) is 0 Å². The number of amides is 2. The van der Waals surface area contributed by atoms with Gasteiger partial charge in [0.1, 0.15) is 11.4 Å². The largest absolute Gasteiger partial charge is 0.371 e. The van der Waals surface area contributed by atoms with Crippen LogP contribution in [-0.2, 0) is 9.59 Å². The Bertz CT molecular complexity index is 737.